The van der Waals surface area contributed by atoms with Gasteiger partial charge >= 0.3 is 0 Å². The Kier molecular flexibility index (Phi) is 4.99. The second-order valence-corrected chi connectivity index (χ2v) is 4.95. The summed E-state index contributed by atoms with van der Waals surface area (Å²) in [5, 5.41) is 3.77. The predicted molar refractivity (Wildman–Crippen MR) is 80.0 cm³/mol. The van der Waals surface area contributed by atoms with Crippen molar-refractivity contribution < 1.29 is 9.13 Å². The van der Waals surface area contributed by atoms with Gasteiger partial charge in [0.15, 0.2) is 0 Å². The zero-order chi connectivity index (χ0) is 14.5. The fraction of sp³-hybridized carbons (Fsp3) is 0.250. The number of hydrogen-bond donors (Lipinski definition) is 1. The van der Waals surface area contributed by atoms with Gasteiger partial charge in [-0.25, -0.2) is 4.39 Å². The van der Waals surface area contributed by atoms with Crippen LogP contribution in [-0.4, -0.2) is 6.54 Å². The van der Waals surface area contributed by atoms with Gasteiger partial charge in [-0.1, -0.05) is 24.6 Å². The number of aryl methyl sites for hydroxylation is 1. The molecule has 2 rings (SSSR count). The lowest BCUT2D eigenvalue weighted by Crippen LogP contribution is -2.13. The van der Waals surface area contributed by atoms with Gasteiger partial charge in [0, 0.05) is 17.1 Å². The Morgan fingerprint density at radius 2 is 2.00 bits per heavy atom. The second kappa shape index (κ2) is 6.73. The van der Waals surface area contributed by atoms with Crippen LogP contribution in [0.25, 0.3) is 0 Å². The first-order valence-corrected chi connectivity index (χ1v) is 6.91. The van der Waals surface area contributed by atoms with Crippen LogP contribution in [0.15, 0.2) is 36.4 Å². The Morgan fingerprint density at radius 1 is 1.20 bits per heavy atom. The van der Waals surface area contributed by atoms with E-state index in [1.54, 1.807) is 24.3 Å². The molecule has 0 radical (unpaired) electrons. The van der Waals surface area contributed by atoms with Crippen molar-refractivity contribution in [3.8, 4) is 11.5 Å². The molecule has 0 aliphatic rings. The Bertz CT molecular complexity index is 601. The van der Waals surface area contributed by atoms with E-state index in [-0.39, 0.29) is 5.82 Å². The zero-order valence-electron chi connectivity index (χ0n) is 11.5. The molecule has 0 spiro atoms. The highest BCUT2D eigenvalue weighted by atomic mass is 35.5. The number of rotatable bonds is 5. The van der Waals surface area contributed by atoms with Crippen LogP contribution in [-0.2, 0) is 6.54 Å². The fourth-order valence-electron chi connectivity index (χ4n) is 1.90. The molecule has 0 saturated heterocycles. The molecule has 0 aromatic heterocycles. The Labute approximate surface area is 123 Å². The van der Waals surface area contributed by atoms with Crippen molar-refractivity contribution in [2.45, 2.75) is 20.4 Å². The summed E-state index contributed by atoms with van der Waals surface area (Å²) in [6.07, 6.45) is 0. The van der Waals surface area contributed by atoms with Crippen LogP contribution in [0.5, 0.6) is 11.5 Å². The van der Waals surface area contributed by atoms with Crippen LogP contribution in [0.1, 0.15) is 18.1 Å². The molecule has 2 nitrogen and oxygen atoms in total. The van der Waals surface area contributed by atoms with Crippen molar-refractivity contribution in [3.63, 3.8) is 0 Å². The molecule has 0 fully saturated rings. The van der Waals surface area contributed by atoms with E-state index in [0.717, 1.165) is 12.1 Å². The van der Waals surface area contributed by atoms with Crippen LogP contribution in [0, 0.1) is 12.7 Å². The molecular weight excluding hydrogens is 277 g/mol. The lowest BCUT2D eigenvalue weighted by Gasteiger charge is -2.14. The molecule has 0 aliphatic carbocycles. The summed E-state index contributed by atoms with van der Waals surface area (Å²) in [6, 6.07) is 10.2. The average Bonchev–Trinajstić information content (AvgIpc) is 2.41. The van der Waals surface area contributed by atoms with Crippen molar-refractivity contribution >= 4 is 11.6 Å². The van der Waals surface area contributed by atoms with Gasteiger partial charge in [-0.05, 0) is 49.4 Å². The standard InChI is InChI=1S/C16H17ClFNO/c1-3-19-10-13-14(18)5-4-6-16(13)20-15-8-7-12(17)9-11(15)2/h4-9,19H,3,10H2,1-2H3. The smallest absolute Gasteiger partial charge is 0.134 e. The lowest BCUT2D eigenvalue weighted by molar-refractivity contribution is 0.459. The minimum absolute atomic E-state index is 0.268. The van der Waals surface area contributed by atoms with Gasteiger partial charge in [-0.3, -0.25) is 0 Å². The molecule has 2 aromatic carbocycles. The lowest BCUT2D eigenvalue weighted by atomic mass is 10.1. The van der Waals surface area contributed by atoms with Crippen molar-refractivity contribution in [2.75, 3.05) is 6.54 Å². The summed E-state index contributed by atoms with van der Waals surface area (Å²) < 4.78 is 19.7. The summed E-state index contributed by atoms with van der Waals surface area (Å²) >= 11 is 5.92. The van der Waals surface area contributed by atoms with Gasteiger partial charge in [-0.2, -0.15) is 0 Å². The SMILES string of the molecule is CCNCc1c(F)cccc1Oc1ccc(Cl)cc1C. The molecule has 0 heterocycles. The number of halogens is 2. The first-order valence-electron chi connectivity index (χ1n) is 6.54. The molecule has 2 aromatic rings. The van der Waals surface area contributed by atoms with E-state index in [0.29, 0.717) is 28.6 Å². The Hall–Kier alpha value is -1.58. The summed E-state index contributed by atoms with van der Waals surface area (Å²) in [5.41, 5.74) is 1.44. The van der Waals surface area contributed by atoms with Crippen molar-refractivity contribution in [3.05, 3.63) is 58.4 Å². The minimum atomic E-state index is -0.268. The monoisotopic (exact) mass is 293 g/mol. The molecule has 1 N–H and O–H groups in total. The highest BCUT2D eigenvalue weighted by Crippen LogP contribution is 2.30. The maximum atomic E-state index is 13.9. The van der Waals surface area contributed by atoms with Gasteiger partial charge in [0.2, 0.25) is 0 Å². The van der Waals surface area contributed by atoms with Gasteiger partial charge in [-0.15, -0.1) is 0 Å². The molecular formula is C16H17ClFNO. The van der Waals surface area contributed by atoms with Crippen LogP contribution < -0.4 is 10.1 Å². The van der Waals surface area contributed by atoms with Gasteiger partial charge < -0.3 is 10.1 Å². The van der Waals surface area contributed by atoms with Gasteiger partial charge in [0.25, 0.3) is 0 Å². The van der Waals surface area contributed by atoms with Crippen LogP contribution >= 0.6 is 11.6 Å². The molecule has 0 unspecified atom stereocenters. The third-order valence-corrected chi connectivity index (χ3v) is 3.22. The maximum Gasteiger partial charge on any atom is 0.134 e. The van der Waals surface area contributed by atoms with E-state index in [1.165, 1.54) is 6.07 Å². The molecule has 0 bridgehead atoms. The van der Waals surface area contributed by atoms with E-state index >= 15 is 0 Å². The number of hydrogen-bond acceptors (Lipinski definition) is 2. The molecule has 0 atom stereocenters. The molecule has 0 amide bonds. The molecule has 106 valence electrons. The summed E-state index contributed by atoms with van der Waals surface area (Å²) in [7, 11) is 0. The summed E-state index contributed by atoms with van der Waals surface area (Å²) in [6.45, 7) is 5.09. The third-order valence-electron chi connectivity index (χ3n) is 2.98. The minimum Gasteiger partial charge on any atom is -0.457 e. The molecule has 0 saturated carbocycles. The van der Waals surface area contributed by atoms with E-state index in [2.05, 4.69) is 5.32 Å². The maximum absolute atomic E-state index is 13.9. The van der Waals surface area contributed by atoms with Crippen molar-refractivity contribution in [2.24, 2.45) is 0 Å². The van der Waals surface area contributed by atoms with Crippen LogP contribution in [0.4, 0.5) is 4.39 Å². The summed E-state index contributed by atoms with van der Waals surface area (Å²) in [4.78, 5) is 0. The highest BCUT2D eigenvalue weighted by molar-refractivity contribution is 6.30. The first-order chi connectivity index (χ1) is 9.61. The fourth-order valence-corrected chi connectivity index (χ4v) is 2.13. The highest BCUT2D eigenvalue weighted by Gasteiger charge is 2.11. The van der Waals surface area contributed by atoms with E-state index < -0.39 is 0 Å². The third kappa shape index (κ3) is 3.50. The van der Waals surface area contributed by atoms with E-state index in [4.69, 9.17) is 16.3 Å². The zero-order valence-corrected chi connectivity index (χ0v) is 12.3. The topological polar surface area (TPSA) is 21.3 Å². The average molecular weight is 294 g/mol. The predicted octanol–water partition coefficient (Wildman–Crippen LogP) is 4.69. The second-order valence-electron chi connectivity index (χ2n) is 4.51. The number of benzene rings is 2. The normalized spacial score (nSPS) is 10.6. The first kappa shape index (κ1) is 14.8. The van der Waals surface area contributed by atoms with Crippen LogP contribution in [0.3, 0.4) is 0 Å². The van der Waals surface area contributed by atoms with Crippen LogP contribution in [0.2, 0.25) is 5.02 Å². The van der Waals surface area contributed by atoms with Gasteiger partial charge in [0.1, 0.15) is 17.3 Å². The Balaban J connectivity index is 2.30. The van der Waals surface area contributed by atoms with Crippen molar-refractivity contribution in [1.29, 1.82) is 0 Å². The molecule has 0 aliphatic heterocycles. The van der Waals surface area contributed by atoms with Gasteiger partial charge in [0.05, 0.1) is 0 Å². The van der Waals surface area contributed by atoms with E-state index in [9.17, 15) is 4.39 Å². The van der Waals surface area contributed by atoms with Crippen molar-refractivity contribution in [1.82, 2.24) is 5.32 Å². The number of ether oxygens (including phenoxy) is 1. The summed E-state index contributed by atoms with van der Waals surface area (Å²) in [5.74, 6) is 0.934. The molecule has 20 heavy (non-hydrogen) atoms. The molecule has 4 heteroatoms. The number of nitrogens with one attached hydrogen (secondary N) is 1. The van der Waals surface area contributed by atoms with E-state index in [1.807, 2.05) is 19.9 Å². The quantitative estimate of drug-likeness (QED) is 0.863. The largest absolute Gasteiger partial charge is 0.457 e. The Morgan fingerprint density at radius 3 is 2.70 bits per heavy atom.